The predicted molar refractivity (Wildman–Crippen MR) is 96.4 cm³/mol. The number of carbonyl (C=O) groups excluding carboxylic acids is 1. The van der Waals surface area contributed by atoms with Gasteiger partial charge >= 0.3 is 0 Å². The maximum Gasteiger partial charge on any atom is 0.261 e. The first-order valence-electron chi connectivity index (χ1n) is 8.90. The number of rotatable bonds is 6. The number of para-hydroxylation sites is 1. The molecule has 1 saturated carbocycles. The van der Waals surface area contributed by atoms with Gasteiger partial charge in [-0.3, -0.25) is 14.2 Å². The summed E-state index contributed by atoms with van der Waals surface area (Å²) in [6.07, 6.45) is 4.11. The van der Waals surface area contributed by atoms with Gasteiger partial charge in [0.15, 0.2) is 0 Å². The summed E-state index contributed by atoms with van der Waals surface area (Å²) >= 11 is 0. The minimum atomic E-state index is -0.331. The molecular weight excluding hydrogens is 318 g/mol. The molecule has 1 aliphatic carbocycles. The van der Waals surface area contributed by atoms with Gasteiger partial charge in [0, 0.05) is 13.0 Å². The van der Waals surface area contributed by atoms with Crippen LogP contribution in [0.4, 0.5) is 0 Å². The number of nitrogens with one attached hydrogen (secondary N) is 1. The van der Waals surface area contributed by atoms with Gasteiger partial charge in [-0.25, -0.2) is 4.98 Å². The molecule has 3 rings (SSSR count). The Balaban J connectivity index is 1.94. The van der Waals surface area contributed by atoms with E-state index in [1.54, 1.807) is 17.7 Å². The van der Waals surface area contributed by atoms with Gasteiger partial charge in [0.2, 0.25) is 5.91 Å². The van der Waals surface area contributed by atoms with E-state index in [4.69, 9.17) is 4.74 Å². The normalized spacial score (nSPS) is 16.2. The third kappa shape index (κ3) is 3.74. The Labute approximate surface area is 147 Å². The van der Waals surface area contributed by atoms with Crippen molar-refractivity contribution in [1.82, 2.24) is 14.9 Å². The molecule has 0 spiro atoms. The summed E-state index contributed by atoms with van der Waals surface area (Å²) in [5.74, 6) is 0.722. The molecule has 134 valence electrons. The highest BCUT2D eigenvalue weighted by atomic mass is 16.5. The summed E-state index contributed by atoms with van der Waals surface area (Å²) in [5, 5.41) is 3.63. The maximum atomic E-state index is 12.9. The van der Waals surface area contributed by atoms with Crippen LogP contribution in [-0.4, -0.2) is 29.2 Å². The van der Waals surface area contributed by atoms with E-state index in [9.17, 15) is 9.59 Å². The molecule has 1 aromatic heterocycles. The van der Waals surface area contributed by atoms with Crippen molar-refractivity contribution in [2.45, 2.75) is 45.2 Å². The Hall–Kier alpha value is -2.21. The second-order valence-electron chi connectivity index (χ2n) is 6.65. The van der Waals surface area contributed by atoms with E-state index >= 15 is 0 Å². The highest BCUT2D eigenvalue weighted by molar-refractivity contribution is 5.80. The molecule has 6 heteroatoms. The van der Waals surface area contributed by atoms with Crippen molar-refractivity contribution in [2.24, 2.45) is 5.92 Å². The number of ether oxygens (including phenoxy) is 1. The first-order valence-corrected chi connectivity index (χ1v) is 8.90. The van der Waals surface area contributed by atoms with E-state index in [0.717, 1.165) is 25.7 Å². The van der Waals surface area contributed by atoms with Crippen molar-refractivity contribution >= 4 is 16.8 Å². The number of benzene rings is 1. The van der Waals surface area contributed by atoms with E-state index in [0.29, 0.717) is 29.9 Å². The zero-order valence-electron chi connectivity index (χ0n) is 14.8. The topological polar surface area (TPSA) is 73.2 Å². The molecule has 1 aromatic carbocycles. The fraction of sp³-hybridized carbons (Fsp3) is 0.526. The Kier molecular flexibility index (Phi) is 5.48. The third-order valence-corrected chi connectivity index (χ3v) is 4.88. The van der Waals surface area contributed by atoms with Crippen molar-refractivity contribution in [3.8, 4) is 0 Å². The van der Waals surface area contributed by atoms with Crippen molar-refractivity contribution in [2.75, 3.05) is 13.7 Å². The Morgan fingerprint density at radius 3 is 2.80 bits per heavy atom. The molecule has 25 heavy (non-hydrogen) atoms. The summed E-state index contributed by atoms with van der Waals surface area (Å²) in [6, 6.07) is 6.96. The zero-order chi connectivity index (χ0) is 17.8. The summed E-state index contributed by atoms with van der Waals surface area (Å²) in [5.41, 5.74) is 0.553. The summed E-state index contributed by atoms with van der Waals surface area (Å²) in [7, 11) is 1.60. The van der Waals surface area contributed by atoms with Crippen LogP contribution in [0, 0.1) is 5.92 Å². The van der Waals surface area contributed by atoms with Crippen LogP contribution in [0.1, 0.15) is 44.5 Å². The van der Waals surface area contributed by atoms with Crippen LogP contribution in [0.15, 0.2) is 29.1 Å². The van der Waals surface area contributed by atoms with Gasteiger partial charge in [0.1, 0.15) is 5.82 Å². The Bertz CT molecular complexity index is 809. The molecule has 1 atom stereocenters. The second-order valence-corrected chi connectivity index (χ2v) is 6.65. The molecule has 6 nitrogen and oxygen atoms in total. The van der Waals surface area contributed by atoms with Crippen molar-refractivity contribution < 1.29 is 9.53 Å². The molecule has 1 fully saturated rings. The van der Waals surface area contributed by atoms with Crippen molar-refractivity contribution in [1.29, 1.82) is 0 Å². The minimum absolute atomic E-state index is 0.0608. The molecule has 0 radical (unpaired) electrons. The third-order valence-electron chi connectivity index (χ3n) is 4.88. The lowest BCUT2D eigenvalue weighted by Crippen LogP contribution is -2.36. The molecule has 1 heterocycles. The van der Waals surface area contributed by atoms with Gasteiger partial charge in [-0.15, -0.1) is 0 Å². The second kappa shape index (κ2) is 7.78. The van der Waals surface area contributed by atoms with Gasteiger partial charge < -0.3 is 10.1 Å². The average molecular weight is 343 g/mol. The summed E-state index contributed by atoms with van der Waals surface area (Å²) in [4.78, 5) is 30.0. The number of amides is 1. The number of carbonyl (C=O) groups is 1. The first-order chi connectivity index (χ1) is 12.1. The van der Waals surface area contributed by atoms with Gasteiger partial charge in [0.25, 0.3) is 5.56 Å². The van der Waals surface area contributed by atoms with Crippen molar-refractivity contribution in [3.05, 3.63) is 40.4 Å². The number of hydrogen-bond acceptors (Lipinski definition) is 4. The predicted octanol–water partition coefficient (Wildman–Crippen LogP) is 2.41. The fourth-order valence-corrected chi connectivity index (χ4v) is 3.50. The van der Waals surface area contributed by atoms with Crippen LogP contribution in [0.5, 0.6) is 0 Å². The molecule has 2 aromatic rings. The fourth-order valence-electron chi connectivity index (χ4n) is 3.50. The van der Waals surface area contributed by atoms with Gasteiger partial charge in [-0.2, -0.15) is 0 Å². The quantitative estimate of drug-likeness (QED) is 0.874. The molecule has 0 unspecified atom stereocenters. The van der Waals surface area contributed by atoms with Crippen LogP contribution in [0.25, 0.3) is 10.9 Å². The zero-order valence-corrected chi connectivity index (χ0v) is 14.8. The molecule has 0 bridgehead atoms. The summed E-state index contributed by atoms with van der Waals surface area (Å²) < 4.78 is 6.75. The number of hydrogen-bond donors (Lipinski definition) is 1. The Morgan fingerprint density at radius 2 is 2.08 bits per heavy atom. The van der Waals surface area contributed by atoms with Crippen molar-refractivity contribution in [3.63, 3.8) is 0 Å². The highest BCUT2D eigenvalue weighted by Crippen LogP contribution is 2.25. The van der Waals surface area contributed by atoms with Crippen LogP contribution in [-0.2, 0) is 16.1 Å². The lowest BCUT2D eigenvalue weighted by Gasteiger charge is -2.21. The average Bonchev–Trinajstić information content (AvgIpc) is 3.15. The van der Waals surface area contributed by atoms with Crippen LogP contribution < -0.4 is 10.9 Å². The Morgan fingerprint density at radius 1 is 1.36 bits per heavy atom. The summed E-state index contributed by atoms with van der Waals surface area (Å²) in [6.45, 7) is 2.70. The van der Waals surface area contributed by atoms with Crippen LogP contribution in [0.3, 0.4) is 0 Å². The standard InChI is InChI=1S/C19H25N3O3/c1-13(20-18(23)14-7-3-4-8-14)17-21-16-10-6-5-9-15(16)19(24)22(17)11-12-25-2/h5-6,9-10,13-14H,3-4,7-8,11-12H2,1-2H3,(H,20,23)/t13-/m0/s1. The first kappa shape index (κ1) is 17.6. The van der Waals surface area contributed by atoms with E-state index in [1.807, 2.05) is 25.1 Å². The SMILES string of the molecule is COCCn1c([C@H](C)NC(=O)C2CCCC2)nc2ccccc2c1=O. The largest absolute Gasteiger partial charge is 0.383 e. The van der Waals surface area contributed by atoms with Gasteiger partial charge in [-0.05, 0) is 31.9 Å². The molecule has 0 saturated heterocycles. The monoisotopic (exact) mass is 343 g/mol. The van der Waals surface area contributed by atoms with E-state index < -0.39 is 0 Å². The van der Waals surface area contributed by atoms with Gasteiger partial charge in [0.05, 0.1) is 30.1 Å². The van der Waals surface area contributed by atoms with Gasteiger partial charge in [-0.1, -0.05) is 25.0 Å². The molecule has 1 aliphatic rings. The molecule has 1 amide bonds. The minimum Gasteiger partial charge on any atom is -0.383 e. The van der Waals surface area contributed by atoms with E-state index in [2.05, 4.69) is 10.3 Å². The lowest BCUT2D eigenvalue weighted by atomic mass is 10.1. The molecule has 0 aliphatic heterocycles. The number of aromatic nitrogens is 2. The molecular formula is C19H25N3O3. The van der Waals surface area contributed by atoms with E-state index in [1.165, 1.54) is 0 Å². The number of methoxy groups -OCH3 is 1. The smallest absolute Gasteiger partial charge is 0.261 e. The molecule has 1 N–H and O–H groups in total. The lowest BCUT2D eigenvalue weighted by molar-refractivity contribution is -0.125. The number of nitrogens with zero attached hydrogens (tertiary/aromatic N) is 2. The van der Waals surface area contributed by atoms with Crippen LogP contribution in [0.2, 0.25) is 0 Å². The highest BCUT2D eigenvalue weighted by Gasteiger charge is 2.25. The number of fused-ring (bicyclic) bond motifs is 1. The van der Waals surface area contributed by atoms with Crippen LogP contribution >= 0.6 is 0 Å². The van der Waals surface area contributed by atoms with E-state index in [-0.39, 0.29) is 23.4 Å². The maximum absolute atomic E-state index is 12.9.